The lowest BCUT2D eigenvalue weighted by Crippen LogP contribution is -2.38. The van der Waals surface area contributed by atoms with Crippen LogP contribution in [0.3, 0.4) is 0 Å². The minimum Gasteiger partial charge on any atom is -0.369 e. The van der Waals surface area contributed by atoms with Crippen LogP contribution in [-0.2, 0) is 6.42 Å². The molecule has 0 saturated carbocycles. The molecule has 2 rings (SSSR count). The second kappa shape index (κ2) is 6.48. The lowest BCUT2D eigenvalue weighted by Gasteiger charge is -2.29. The maximum atomic E-state index is 13.0. The summed E-state index contributed by atoms with van der Waals surface area (Å²) in [7, 11) is 0. The number of anilines is 1. The van der Waals surface area contributed by atoms with Gasteiger partial charge in [0.1, 0.15) is 0 Å². The van der Waals surface area contributed by atoms with Crippen molar-refractivity contribution in [2.75, 3.05) is 31.1 Å². The van der Waals surface area contributed by atoms with E-state index < -0.39 is 12.1 Å². The van der Waals surface area contributed by atoms with Crippen molar-refractivity contribution in [1.29, 1.82) is 0 Å². The molecule has 1 aliphatic heterocycles. The highest BCUT2D eigenvalue weighted by molar-refractivity contribution is 5.54. The molecule has 0 radical (unpaired) electrons. The molecule has 0 amide bonds. The molecule has 0 aliphatic carbocycles. The summed E-state index contributed by atoms with van der Waals surface area (Å²) in [6, 6.07) is 7.80. The zero-order valence-corrected chi connectivity index (χ0v) is 11.7. The first-order chi connectivity index (χ1) is 9.52. The van der Waals surface area contributed by atoms with E-state index in [1.165, 1.54) is 0 Å². The van der Waals surface area contributed by atoms with Crippen molar-refractivity contribution in [3.05, 3.63) is 29.8 Å². The third-order valence-electron chi connectivity index (χ3n) is 3.70. The fourth-order valence-electron chi connectivity index (χ4n) is 2.65. The van der Waals surface area contributed by atoms with Crippen molar-refractivity contribution < 1.29 is 13.2 Å². The van der Waals surface area contributed by atoms with E-state index in [0.717, 1.165) is 24.1 Å². The van der Waals surface area contributed by atoms with E-state index >= 15 is 0 Å². The Kier molecular flexibility index (Phi) is 4.91. The molecule has 1 N–H and O–H groups in total. The standard InChI is InChI=1S/C15H21F3N2/c1-2-5-12-6-3-4-7-14(12)20-9-8-19-10-13(11-20)15(16,17)18/h3-4,6-7,13,19H,2,5,8-11H2,1H3. The van der Waals surface area contributed by atoms with E-state index in [1.54, 1.807) is 0 Å². The van der Waals surface area contributed by atoms with Crippen LogP contribution in [0, 0.1) is 5.92 Å². The van der Waals surface area contributed by atoms with Gasteiger partial charge in [-0.2, -0.15) is 13.2 Å². The zero-order chi connectivity index (χ0) is 14.6. The van der Waals surface area contributed by atoms with Crippen molar-refractivity contribution in [3.63, 3.8) is 0 Å². The minimum absolute atomic E-state index is 0.00987. The van der Waals surface area contributed by atoms with E-state index in [-0.39, 0.29) is 13.1 Å². The Labute approximate surface area is 118 Å². The Hall–Kier alpha value is -1.23. The SMILES string of the molecule is CCCc1ccccc1N1CCNCC(C(F)(F)F)C1. The maximum Gasteiger partial charge on any atom is 0.394 e. The molecule has 1 heterocycles. The van der Waals surface area contributed by atoms with Crippen LogP contribution < -0.4 is 10.2 Å². The Morgan fingerprint density at radius 1 is 1.30 bits per heavy atom. The first-order valence-corrected chi connectivity index (χ1v) is 7.12. The van der Waals surface area contributed by atoms with Gasteiger partial charge in [0.15, 0.2) is 0 Å². The lowest BCUT2D eigenvalue weighted by atomic mass is 10.0. The number of nitrogens with zero attached hydrogens (tertiary/aromatic N) is 1. The molecule has 2 nitrogen and oxygen atoms in total. The van der Waals surface area contributed by atoms with Crippen molar-refractivity contribution in [2.45, 2.75) is 25.9 Å². The van der Waals surface area contributed by atoms with Gasteiger partial charge in [-0.15, -0.1) is 0 Å². The Morgan fingerprint density at radius 3 is 2.75 bits per heavy atom. The number of para-hydroxylation sites is 1. The quantitative estimate of drug-likeness (QED) is 0.917. The minimum atomic E-state index is -4.14. The topological polar surface area (TPSA) is 15.3 Å². The van der Waals surface area contributed by atoms with Crippen molar-refractivity contribution in [1.82, 2.24) is 5.32 Å². The summed E-state index contributed by atoms with van der Waals surface area (Å²) in [6.07, 6.45) is -2.25. The predicted molar refractivity (Wildman–Crippen MR) is 75.1 cm³/mol. The van der Waals surface area contributed by atoms with Crippen LogP contribution in [0.5, 0.6) is 0 Å². The lowest BCUT2D eigenvalue weighted by molar-refractivity contribution is -0.169. The fraction of sp³-hybridized carbons (Fsp3) is 0.600. The summed E-state index contributed by atoms with van der Waals surface area (Å²) in [4.78, 5) is 1.88. The molecule has 1 fully saturated rings. The summed E-state index contributed by atoms with van der Waals surface area (Å²) in [5.41, 5.74) is 2.09. The van der Waals surface area contributed by atoms with E-state index in [4.69, 9.17) is 0 Å². The third-order valence-corrected chi connectivity index (χ3v) is 3.70. The number of alkyl halides is 3. The Bertz CT molecular complexity index is 431. The summed E-state index contributed by atoms with van der Waals surface area (Å²) >= 11 is 0. The number of rotatable bonds is 3. The summed E-state index contributed by atoms with van der Waals surface area (Å²) in [5, 5.41) is 2.89. The normalized spacial score (nSPS) is 20.8. The van der Waals surface area contributed by atoms with Crippen LogP contribution in [0.15, 0.2) is 24.3 Å². The second-order valence-corrected chi connectivity index (χ2v) is 5.27. The Morgan fingerprint density at radius 2 is 2.05 bits per heavy atom. The highest BCUT2D eigenvalue weighted by atomic mass is 19.4. The number of benzene rings is 1. The number of halogens is 3. The van der Waals surface area contributed by atoms with Crippen molar-refractivity contribution in [2.24, 2.45) is 5.92 Å². The predicted octanol–water partition coefficient (Wildman–Crippen LogP) is 3.23. The van der Waals surface area contributed by atoms with Crippen molar-refractivity contribution in [3.8, 4) is 0 Å². The van der Waals surface area contributed by atoms with Gasteiger partial charge in [-0.25, -0.2) is 0 Å². The van der Waals surface area contributed by atoms with Gasteiger partial charge in [-0.1, -0.05) is 31.5 Å². The van der Waals surface area contributed by atoms with E-state index in [1.807, 2.05) is 29.2 Å². The van der Waals surface area contributed by atoms with Gasteiger partial charge >= 0.3 is 6.18 Å². The first kappa shape index (κ1) is 15.2. The van der Waals surface area contributed by atoms with Crippen LogP contribution >= 0.6 is 0 Å². The summed E-state index contributed by atoms with van der Waals surface area (Å²) in [5.74, 6) is -1.31. The molecule has 1 unspecified atom stereocenters. The molecule has 0 spiro atoms. The van der Waals surface area contributed by atoms with Gasteiger partial charge in [-0.05, 0) is 18.1 Å². The summed E-state index contributed by atoms with van der Waals surface area (Å²) in [6.45, 7) is 3.34. The van der Waals surface area contributed by atoms with Crippen LogP contribution in [-0.4, -0.2) is 32.4 Å². The molecule has 1 aliphatic rings. The Balaban J connectivity index is 2.22. The van der Waals surface area contributed by atoms with E-state index in [0.29, 0.717) is 13.1 Å². The number of hydrogen-bond donors (Lipinski definition) is 1. The molecule has 0 bridgehead atoms. The van der Waals surface area contributed by atoms with Crippen LogP contribution in [0.4, 0.5) is 18.9 Å². The third kappa shape index (κ3) is 3.66. The van der Waals surface area contributed by atoms with Crippen LogP contribution in [0.2, 0.25) is 0 Å². The van der Waals surface area contributed by atoms with E-state index in [9.17, 15) is 13.2 Å². The van der Waals surface area contributed by atoms with Gasteiger partial charge in [0.25, 0.3) is 0 Å². The average Bonchev–Trinajstić information content (AvgIpc) is 2.65. The second-order valence-electron chi connectivity index (χ2n) is 5.27. The molecular weight excluding hydrogens is 265 g/mol. The molecule has 5 heteroatoms. The zero-order valence-electron chi connectivity index (χ0n) is 11.7. The first-order valence-electron chi connectivity index (χ1n) is 7.12. The van der Waals surface area contributed by atoms with Crippen LogP contribution in [0.25, 0.3) is 0 Å². The van der Waals surface area contributed by atoms with Gasteiger partial charge in [0.2, 0.25) is 0 Å². The molecule has 112 valence electrons. The highest BCUT2D eigenvalue weighted by Gasteiger charge is 2.41. The average molecular weight is 286 g/mol. The number of nitrogens with one attached hydrogen (secondary N) is 1. The largest absolute Gasteiger partial charge is 0.394 e. The monoisotopic (exact) mass is 286 g/mol. The molecule has 0 aromatic heterocycles. The van der Waals surface area contributed by atoms with Gasteiger partial charge in [0.05, 0.1) is 5.92 Å². The smallest absolute Gasteiger partial charge is 0.369 e. The van der Waals surface area contributed by atoms with Crippen molar-refractivity contribution >= 4 is 5.69 Å². The number of hydrogen-bond acceptors (Lipinski definition) is 2. The maximum absolute atomic E-state index is 13.0. The summed E-state index contributed by atoms with van der Waals surface area (Å²) < 4.78 is 39.0. The van der Waals surface area contributed by atoms with E-state index in [2.05, 4.69) is 12.2 Å². The molecule has 1 aromatic carbocycles. The molecular formula is C15H21F3N2. The number of aryl methyl sites for hydroxylation is 1. The molecule has 20 heavy (non-hydrogen) atoms. The van der Waals surface area contributed by atoms with Gasteiger partial charge in [0, 0.05) is 31.9 Å². The molecule has 1 aromatic rings. The fourth-order valence-corrected chi connectivity index (χ4v) is 2.65. The van der Waals surface area contributed by atoms with Gasteiger partial charge < -0.3 is 10.2 Å². The van der Waals surface area contributed by atoms with Crippen LogP contribution in [0.1, 0.15) is 18.9 Å². The van der Waals surface area contributed by atoms with Gasteiger partial charge in [-0.3, -0.25) is 0 Å². The molecule has 1 saturated heterocycles. The molecule has 1 atom stereocenters. The highest BCUT2D eigenvalue weighted by Crippen LogP contribution is 2.30.